The van der Waals surface area contributed by atoms with Gasteiger partial charge in [0.05, 0.1) is 5.75 Å². The zero-order valence-electron chi connectivity index (χ0n) is 17.7. The molecule has 1 N–H and O–H groups in total. The molecule has 0 bridgehead atoms. The van der Waals surface area contributed by atoms with E-state index in [9.17, 15) is 9.59 Å². The normalized spacial score (nSPS) is 11.1. The van der Waals surface area contributed by atoms with Crippen molar-refractivity contribution in [1.82, 2.24) is 13.9 Å². The fourth-order valence-electron chi connectivity index (χ4n) is 3.24. The number of rotatable bonds is 5. The number of carbonyl (C=O) groups excluding carboxylic acids is 1. The van der Waals surface area contributed by atoms with E-state index in [0.29, 0.717) is 21.1 Å². The van der Waals surface area contributed by atoms with Crippen LogP contribution >= 0.6 is 23.3 Å². The lowest BCUT2D eigenvalue weighted by atomic mass is 10.1. The Hall–Kier alpha value is -2.97. The zero-order valence-corrected chi connectivity index (χ0v) is 19.4. The van der Waals surface area contributed by atoms with Gasteiger partial charge in [-0.1, -0.05) is 59.3 Å². The molecule has 158 valence electrons. The number of fused-ring (bicyclic) bond motifs is 1. The van der Waals surface area contributed by atoms with E-state index < -0.39 is 0 Å². The number of nitrogens with zero attached hydrogens (tertiary/aromatic N) is 3. The average molecular weight is 451 g/mol. The van der Waals surface area contributed by atoms with Crippen molar-refractivity contribution in [2.45, 2.75) is 25.9 Å². The van der Waals surface area contributed by atoms with Crippen LogP contribution in [0.5, 0.6) is 0 Å². The third-order valence-electron chi connectivity index (χ3n) is 4.97. The van der Waals surface area contributed by atoms with Crippen molar-refractivity contribution in [1.29, 1.82) is 0 Å². The Morgan fingerprint density at radius 2 is 1.81 bits per heavy atom. The minimum absolute atomic E-state index is 0.145. The van der Waals surface area contributed by atoms with Crippen molar-refractivity contribution in [3.63, 3.8) is 0 Å². The maximum absolute atomic E-state index is 12.8. The number of aryl methyl sites for hydroxylation is 3. The van der Waals surface area contributed by atoms with Gasteiger partial charge in [-0.15, -0.1) is 0 Å². The molecule has 31 heavy (non-hydrogen) atoms. The number of hydrogen-bond acceptors (Lipinski definition) is 6. The third kappa shape index (κ3) is 4.40. The fourth-order valence-corrected chi connectivity index (χ4v) is 4.82. The average Bonchev–Trinajstić information content (AvgIpc) is 3.16. The first-order chi connectivity index (χ1) is 14.8. The van der Waals surface area contributed by atoms with Gasteiger partial charge in [0.15, 0.2) is 5.16 Å². The molecule has 8 heteroatoms. The summed E-state index contributed by atoms with van der Waals surface area (Å²) in [5.41, 5.74) is 6.13. The Morgan fingerprint density at radius 1 is 1.10 bits per heavy atom. The lowest BCUT2D eigenvalue weighted by Crippen LogP contribution is -2.21. The number of hydrogen-bond donors (Lipinski definition) is 1. The molecule has 0 unspecified atom stereocenters. The van der Waals surface area contributed by atoms with Crippen molar-refractivity contribution in [2.75, 3.05) is 11.1 Å². The van der Waals surface area contributed by atoms with Crippen LogP contribution in [0, 0.1) is 20.8 Å². The Morgan fingerprint density at radius 3 is 2.52 bits per heavy atom. The number of thioether (sulfide) groups is 1. The smallest absolute Gasteiger partial charge is 0.273 e. The van der Waals surface area contributed by atoms with Crippen LogP contribution in [0.3, 0.4) is 0 Å². The highest BCUT2D eigenvalue weighted by molar-refractivity contribution is 7.99. The largest absolute Gasteiger partial charge is 0.325 e. The summed E-state index contributed by atoms with van der Waals surface area (Å²) in [4.78, 5) is 30.0. The number of benzene rings is 2. The SMILES string of the molecule is Cc1ccc(-c2nsc3c(=O)n(C)c(SCC(=O)Nc4ccc(C)cc4C)nc23)cc1. The standard InChI is InChI=1S/C23H22N4O2S2/c1-13-5-8-16(9-6-13)19-20-21(31-26-19)22(29)27(4)23(25-20)30-12-18(28)24-17-10-7-14(2)11-15(17)3/h5-11H,12H2,1-4H3,(H,24,28). The summed E-state index contributed by atoms with van der Waals surface area (Å²) >= 11 is 2.40. The van der Waals surface area contributed by atoms with Crippen LogP contribution in [0.25, 0.3) is 21.5 Å². The topological polar surface area (TPSA) is 76.9 Å². The van der Waals surface area contributed by atoms with Gasteiger partial charge in [-0.05, 0) is 43.9 Å². The van der Waals surface area contributed by atoms with Crippen LogP contribution in [-0.4, -0.2) is 25.6 Å². The quantitative estimate of drug-likeness (QED) is 0.352. The van der Waals surface area contributed by atoms with Gasteiger partial charge >= 0.3 is 0 Å². The second-order valence-corrected chi connectivity index (χ2v) is 9.20. The highest BCUT2D eigenvalue weighted by Crippen LogP contribution is 2.29. The van der Waals surface area contributed by atoms with Gasteiger partial charge in [-0.2, -0.15) is 4.37 Å². The van der Waals surface area contributed by atoms with Gasteiger partial charge in [0.25, 0.3) is 5.56 Å². The van der Waals surface area contributed by atoms with Crippen LogP contribution in [0.2, 0.25) is 0 Å². The highest BCUT2D eigenvalue weighted by atomic mass is 32.2. The lowest BCUT2D eigenvalue weighted by molar-refractivity contribution is -0.113. The number of aromatic nitrogens is 3. The van der Waals surface area contributed by atoms with Crippen LogP contribution in [0.4, 0.5) is 5.69 Å². The maximum atomic E-state index is 12.8. The second kappa shape index (κ2) is 8.64. The molecular weight excluding hydrogens is 428 g/mol. The Bertz CT molecular complexity index is 1340. The van der Waals surface area contributed by atoms with Gasteiger partial charge < -0.3 is 5.32 Å². The summed E-state index contributed by atoms with van der Waals surface area (Å²) in [6.07, 6.45) is 0. The van der Waals surface area contributed by atoms with Gasteiger partial charge in [-0.3, -0.25) is 14.2 Å². The Kier molecular flexibility index (Phi) is 5.93. The summed E-state index contributed by atoms with van der Waals surface area (Å²) in [7, 11) is 1.67. The molecule has 1 amide bonds. The summed E-state index contributed by atoms with van der Waals surface area (Å²) in [5, 5.41) is 3.42. The highest BCUT2D eigenvalue weighted by Gasteiger charge is 2.17. The van der Waals surface area contributed by atoms with E-state index in [2.05, 4.69) is 9.69 Å². The van der Waals surface area contributed by atoms with E-state index >= 15 is 0 Å². The molecule has 0 spiro atoms. The summed E-state index contributed by atoms with van der Waals surface area (Å²) in [6, 6.07) is 13.9. The fraction of sp³-hybridized carbons (Fsp3) is 0.217. The first-order valence-corrected chi connectivity index (χ1v) is 11.5. The minimum atomic E-state index is -0.154. The molecule has 2 heterocycles. The molecule has 0 aliphatic rings. The molecule has 0 aliphatic heterocycles. The van der Waals surface area contributed by atoms with E-state index in [0.717, 1.165) is 39.5 Å². The van der Waals surface area contributed by atoms with E-state index in [1.165, 1.54) is 16.3 Å². The molecule has 4 aromatic rings. The summed E-state index contributed by atoms with van der Waals surface area (Å²) < 4.78 is 6.48. The zero-order chi connectivity index (χ0) is 22.1. The molecule has 6 nitrogen and oxygen atoms in total. The van der Waals surface area contributed by atoms with Crippen molar-refractivity contribution in [3.8, 4) is 11.3 Å². The van der Waals surface area contributed by atoms with Gasteiger partial charge in [-0.25, -0.2) is 4.98 Å². The summed E-state index contributed by atoms with van der Waals surface area (Å²) in [5.74, 6) is 0.00443. The number of nitrogens with one attached hydrogen (secondary N) is 1. The third-order valence-corrected chi connectivity index (χ3v) is 6.83. The minimum Gasteiger partial charge on any atom is -0.325 e. The molecule has 0 saturated heterocycles. The van der Waals surface area contributed by atoms with Crippen LogP contribution in [-0.2, 0) is 11.8 Å². The van der Waals surface area contributed by atoms with Gasteiger partial charge in [0.2, 0.25) is 5.91 Å². The first-order valence-electron chi connectivity index (χ1n) is 9.77. The number of anilines is 1. The van der Waals surface area contributed by atoms with Crippen LogP contribution in [0.1, 0.15) is 16.7 Å². The molecular formula is C23H22N4O2S2. The van der Waals surface area contributed by atoms with Gasteiger partial charge in [0, 0.05) is 18.3 Å². The van der Waals surface area contributed by atoms with E-state index in [1.807, 2.05) is 63.2 Å². The maximum Gasteiger partial charge on any atom is 0.273 e. The van der Waals surface area contributed by atoms with Crippen molar-refractivity contribution < 1.29 is 4.79 Å². The molecule has 0 fully saturated rings. The van der Waals surface area contributed by atoms with E-state index in [1.54, 1.807) is 7.05 Å². The molecule has 0 saturated carbocycles. The summed E-state index contributed by atoms with van der Waals surface area (Å²) in [6.45, 7) is 6.00. The van der Waals surface area contributed by atoms with Crippen molar-refractivity contribution in [2.24, 2.45) is 7.05 Å². The predicted molar refractivity (Wildman–Crippen MR) is 128 cm³/mol. The molecule has 4 rings (SSSR count). The molecule has 0 aliphatic carbocycles. The van der Waals surface area contributed by atoms with E-state index in [4.69, 9.17) is 4.98 Å². The monoisotopic (exact) mass is 450 g/mol. The second-order valence-electron chi connectivity index (χ2n) is 7.49. The Balaban J connectivity index is 1.59. The Labute approximate surface area is 188 Å². The molecule has 2 aromatic carbocycles. The van der Waals surface area contributed by atoms with Crippen molar-refractivity contribution >= 4 is 45.1 Å². The van der Waals surface area contributed by atoms with Gasteiger partial charge in [0.1, 0.15) is 15.9 Å². The predicted octanol–water partition coefficient (Wildman–Crippen LogP) is 4.71. The van der Waals surface area contributed by atoms with Crippen LogP contribution in [0.15, 0.2) is 52.4 Å². The van der Waals surface area contributed by atoms with Crippen LogP contribution < -0.4 is 10.9 Å². The first kappa shape index (κ1) is 21.3. The number of carbonyl (C=O) groups is 1. The molecule has 0 radical (unpaired) electrons. The molecule has 2 aromatic heterocycles. The molecule has 0 atom stereocenters. The van der Waals surface area contributed by atoms with E-state index in [-0.39, 0.29) is 17.2 Å². The number of amides is 1. The lowest BCUT2D eigenvalue weighted by Gasteiger charge is -2.10. The van der Waals surface area contributed by atoms with Crippen molar-refractivity contribution in [3.05, 3.63) is 69.5 Å².